The molecule has 3 heterocycles. The van der Waals surface area contributed by atoms with Gasteiger partial charge in [0.05, 0.1) is 43.3 Å². The Morgan fingerprint density at radius 1 is 1.12 bits per heavy atom. The first kappa shape index (κ1) is 16.2. The second-order valence-electron chi connectivity index (χ2n) is 5.92. The molecule has 8 nitrogen and oxygen atoms in total. The molecule has 8 heteroatoms. The zero-order chi connectivity index (χ0) is 17.9. The van der Waals surface area contributed by atoms with E-state index in [0.717, 1.165) is 5.52 Å². The molecule has 1 aliphatic heterocycles. The molecular weight excluding hydrogens is 334 g/mol. The van der Waals surface area contributed by atoms with Crippen LogP contribution in [-0.4, -0.2) is 57.0 Å². The van der Waals surface area contributed by atoms with Crippen LogP contribution in [0.4, 0.5) is 0 Å². The van der Waals surface area contributed by atoms with Crippen molar-refractivity contribution < 1.29 is 14.3 Å². The Balaban J connectivity index is 1.44. The SMILES string of the molecule is COc1cncc(OC2CCN(C(=O)c3cnc4ccccc4n3)C2)n1. The minimum Gasteiger partial charge on any atom is -0.480 e. The molecule has 1 aliphatic rings. The molecule has 1 unspecified atom stereocenters. The fourth-order valence-corrected chi connectivity index (χ4v) is 2.89. The summed E-state index contributed by atoms with van der Waals surface area (Å²) < 4.78 is 10.9. The predicted molar refractivity (Wildman–Crippen MR) is 93.1 cm³/mol. The number of hydrogen-bond donors (Lipinski definition) is 0. The van der Waals surface area contributed by atoms with Crippen molar-refractivity contribution in [3.05, 3.63) is 48.5 Å². The number of aromatic nitrogens is 4. The minimum absolute atomic E-state index is 0.145. The van der Waals surface area contributed by atoms with Crippen LogP contribution < -0.4 is 9.47 Å². The zero-order valence-electron chi connectivity index (χ0n) is 14.2. The molecule has 0 saturated carbocycles. The van der Waals surface area contributed by atoms with Crippen molar-refractivity contribution in [2.24, 2.45) is 0 Å². The summed E-state index contributed by atoms with van der Waals surface area (Å²) in [5.41, 5.74) is 1.81. The van der Waals surface area contributed by atoms with E-state index in [9.17, 15) is 4.79 Å². The smallest absolute Gasteiger partial charge is 0.274 e. The number of para-hydroxylation sites is 2. The van der Waals surface area contributed by atoms with Crippen LogP contribution in [0.15, 0.2) is 42.9 Å². The third kappa shape index (κ3) is 3.26. The molecular formula is C18H17N5O3. The molecule has 1 saturated heterocycles. The van der Waals surface area contributed by atoms with Gasteiger partial charge in [0.1, 0.15) is 11.8 Å². The van der Waals surface area contributed by atoms with Gasteiger partial charge in [0.15, 0.2) is 0 Å². The van der Waals surface area contributed by atoms with Gasteiger partial charge in [0.2, 0.25) is 11.8 Å². The van der Waals surface area contributed by atoms with Gasteiger partial charge in [-0.25, -0.2) is 4.98 Å². The van der Waals surface area contributed by atoms with Crippen molar-refractivity contribution >= 4 is 16.9 Å². The van der Waals surface area contributed by atoms with E-state index in [0.29, 0.717) is 42.5 Å². The monoisotopic (exact) mass is 351 g/mol. The molecule has 0 radical (unpaired) electrons. The molecule has 4 rings (SSSR count). The van der Waals surface area contributed by atoms with Gasteiger partial charge in [-0.3, -0.25) is 14.8 Å². The molecule has 2 aromatic heterocycles. The lowest BCUT2D eigenvalue weighted by Gasteiger charge is -2.16. The first-order valence-electron chi connectivity index (χ1n) is 8.26. The standard InChI is InChI=1S/C18H17N5O3/c1-25-16-9-19-10-17(22-16)26-12-6-7-23(11-12)18(24)15-8-20-13-4-2-3-5-14(13)21-15/h2-5,8-10,12H,6-7,11H2,1H3. The zero-order valence-corrected chi connectivity index (χ0v) is 14.2. The van der Waals surface area contributed by atoms with Crippen LogP contribution in [0.1, 0.15) is 16.9 Å². The summed E-state index contributed by atoms with van der Waals surface area (Å²) in [6, 6.07) is 7.48. The van der Waals surface area contributed by atoms with E-state index in [1.807, 2.05) is 24.3 Å². The Morgan fingerprint density at radius 2 is 1.92 bits per heavy atom. The normalized spacial score (nSPS) is 16.7. The van der Waals surface area contributed by atoms with Crippen LogP contribution in [0.5, 0.6) is 11.8 Å². The molecule has 1 fully saturated rings. The maximum atomic E-state index is 12.7. The Labute approximate surface area is 149 Å². The van der Waals surface area contributed by atoms with E-state index in [4.69, 9.17) is 9.47 Å². The van der Waals surface area contributed by atoms with Gasteiger partial charge in [-0.2, -0.15) is 4.98 Å². The van der Waals surface area contributed by atoms with Gasteiger partial charge in [-0.05, 0) is 12.1 Å². The largest absolute Gasteiger partial charge is 0.480 e. The van der Waals surface area contributed by atoms with Crippen LogP contribution >= 0.6 is 0 Å². The quantitative estimate of drug-likeness (QED) is 0.707. The lowest BCUT2D eigenvalue weighted by atomic mass is 10.3. The van der Waals surface area contributed by atoms with Gasteiger partial charge in [0, 0.05) is 13.0 Å². The highest BCUT2D eigenvalue weighted by Gasteiger charge is 2.29. The molecule has 0 bridgehead atoms. The van der Waals surface area contributed by atoms with Crippen molar-refractivity contribution in [3.8, 4) is 11.8 Å². The molecule has 132 valence electrons. The lowest BCUT2D eigenvalue weighted by molar-refractivity contribution is 0.0765. The van der Waals surface area contributed by atoms with Crippen molar-refractivity contribution in [2.75, 3.05) is 20.2 Å². The van der Waals surface area contributed by atoms with Gasteiger partial charge in [-0.1, -0.05) is 12.1 Å². The van der Waals surface area contributed by atoms with Crippen LogP contribution in [0.25, 0.3) is 11.0 Å². The molecule has 26 heavy (non-hydrogen) atoms. The van der Waals surface area contributed by atoms with Crippen molar-refractivity contribution in [3.63, 3.8) is 0 Å². The van der Waals surface area contributed by atoms with Crippen molar-refractivity contribution in [1.82, 2.24) is 24.8 Å². The Morgan fingerprint density at radius 3 is 2.77 bits per heavy atom. The van der Waals surface area contributed by atoms with E-state index in [-0.39, 0.29) is 12.0 Å². The second kappa shape index (κ2) is 6.91. The van der Waals surface area contributed by atoms with E-state index in [1.165, 1.54) is 25.7 Å². The van der Waals surface area contributed by atoms with Crippen molar-refractivity contribution in [1.29, 1.82) is 0 Å². The second-order valence-corrected chi connectivity index (χ2v) is 5.92. The van der Waals surface area contributed by atoms with Crippen LogP contribution in [0, 0.1) is 0 Å². The van der Waals surface area contributed by atoms with Gasteiger partial charge in [0.25, 0.3) is 5.91 Å². The highest BCUT2D eigenvalue weighted by molar-refractivity contribution is 5.94. The molecule has 3 aromatic rings. The number of nitrogens with zero attached hydrogens (tertiary/aromatic N) is 5. The summed E-state index contributed by atoms with van der Waals surface area (Å²) in [7, 11) is 1.52. The summed E-state index contributed by atoms with van der Waals surface area (Å²) in [6.07, 6.45) is 5.13. The number of ether oxygens (including phenoxy) is 2. The number of methoxy groups -OCH3 is 1. The van der Waals surface area contributed by atoms with Crippen LogP contribution in [-0.2, 0) is 0 Å². The number of benzene rings is 1. The summed E-state index contributed by atoms with van der Waals surface area (Å²) in [4.78, 5) is 31.4. The maximum absolute atomic E-state index is 12.7. The van der Waals surface area contributed by atoms with Gasteiger partial charge >= 0.3 is 0 Å². The Hall–Kier alpha value is -3.29. The van der Waals surface area contributed by atoms with Crippen molar-refractivity contribution in [2.45, 2.75) is 12.5 Å². The number of likely N-dealkylation sites (tertiary alicyclic amines) is 1. The van der Waals surface area contributed by atoms with Gasteiger partial charge < -0.3 is 14.4 Å². The van der Waals surface area contributed by atoms with E-state index in [1.54, 1.807) is 4.90 Å². The molecule has 0 aliphatic carbocycles. The molecule has 0 spiro atoms. The highest BCUT2D eigenvalue weighted by atomic mass is 16.5. The molecule has 1 amide bonds. The van der Waals surface area contributed by atoms with Gasteiger partial charge in [-0.15, -0.1) is 0 Å². The van der Waals surface area contributed by atoms with E-state index >= 15 is 0 Å². The average molecular weight is 351 g/mol. The molecule has 1 aromatic carbocycles. The summed E-state index contributed by atoms with van der Waals surface area (Å²) in [5.74, 6) is 0.625. The predicted octanol–water partition coefficient (Wildman–Crippen LogP) is 1.72. The Kier molecular flexibility index (Phi) is 4.30. The number of carbonyl (C=O) groups excluding carboxylic acids is 1. The number of hydrogen-bond acceptors (Lipinski definition) is 7. The minimum atomic E-state index is -0.147. The third-order valence-corrected chi connectivity index (χ3v) is 4.19. The number of carbonyl (C=O) groups is 1. The summed E-state index contributed by atoms with van der Waals surface area (Å²) >= 11 is 0. The first-order chi connectivity index (χ1) is 12.7. The topological polar surface area (TPSA) is 90.3 Å². The third-order valence-electron chi connectivity index (χ3n) is 4.19. The average Bonchev–Trinajstić information content (AvgIpc) is 3.15. The lowest BCUT2D eigenvalue weighted by Crippen LogP contribution is -2.31. The number of rotatable bonds is 4. The molecule has 0 N–H and O–H groups in total. The van der Waals surface area contributed by atoms with E-state index in [2.05, 4.69) is 19.9 Å². The van der Waals surface area contributed by atoms with E-state index < -0.39 is 0 Å². The Bertz CT molecular complexity index is 949. The van der Waals surface area contributed by atoms with Crippen LogP contribution in [0.2, 0.25) is 0 Å². The summed E-state index contributed by atoms with van der Waals surface area (Å²) in [5, 5.41) is 0. The fourth-order valence-electron chi connectivity index (χ4n) is 2.89. The van der Waals surface area contributed by atoms with Crippen LogP contribution in [0.3, 0.4) is 0 Å². The summed E-state index contributed by atoms with van der Waals surface area (Å²) in [6.45, 7) is 1.06. The maximum Gasteiger partial charge on any atom is 0.274 e. The fraction of sp³-hybridized carbons (Fsp3) is 0.278. The number of fused-ring (bicyclic) bond motifs is 1. The first-order valence-corrected chi connectivity index (χ1v) is 8.26. The number of amides is 1. The molecule has 1 atom stereocenters. The highest BCUT2D eigenvalue weighted by Crippen LogP contribution is 2.19.